The summed E-state index contributed by atoms with van der Waals surface area (Å²) in [5, 5.41) is 9.83. The minimum absolute atomic E-state index is 0.0733. The average Bonchev–Trinajstić information content (AvgIpc) is 3.38. The number of carbonyl (C=O) groups excluding carboxylic acids is 1. The highest BCUT2D eigenvalue weighted by Crippen LogP contribution is 2.33. The molecule has 1 saturated carbocycles. The van der Waals surface area contributed by atoms with E-state index in [2.05, 4.69) is 0 Å². The highest BCUT2D eigenvalue weighted by atomic mass is 32.2. The zero-order valence-corrected chi connectivity index (χ0v) is 19.0. The van der Waals surface area contributed by atoms with Crippen molar-refractivity contribution >= 4 is 29.4 Å². The van der Waals surface area contributed by atoms with Gasteiger partial charge in [0, 0.05) is 24.5 Å². The molecule has 0 radical (unpaired) electrons. The molecule has 1 atom stereocenters. The number of hydrogen-bond donors (Lipinski definition) is 2. The first-order chi connectivity index (χ1) is 15.5. The molecule has 3 N–H and O–H groups in total. The normalized spacial score (nSPS) is 21.8. The minimum Gasteiger partial charge on any atom is -0.465 e. The zero-order valence-electron chi connectivity index (χ0n) is 18.2. The first-order valence-corrected chi connectivity index (χ1v) is 12.5. The smallest absolute Gasteiger partial charge is 0.411 e. The van der Waals surface area contributed by atoms with Crippen molar-refractivity contribution in [2.75, 3.05) is 29.6 Å². The van der Waals surface area contributed by atoms with Crippen molar-refractivity contribution < 1.29 is 14.7 Å². The molecule has 1 aliphatic carbocycles. The maximum absolute atomic E-state index is 12.6. The van der Waals surface area contributed by atoms with Gasteiger partial charge in [-0.15, -0.1) is 11.8 Å². The number of hydrogen-bond acceptors (Lipinski definition) is 4. The number of thioether (sulfide) groups is 1. The van der Waals surface area contributed by atoms with Gasteiger partial charge in [0.25, 0.3) is 0 Å². The van der Waals surface area contributed by atoms with Crippen LogP contribution in [0.25, 0.3) is 11.1 Å². The lowest BCUT2D eigenvalue weighted by molar-refractivity contribution is -0.132. The van der Waals surface area contributed by atoms with E-state index in [1.807, 2.05) is 59.5 Å². The van der Waals surface area contributed by atoms with Crippen LogP contribution in [-0.4, -0.2) is 52.8 Å². The molecule has 6 nitrogen and oxygen atoms in total. The standard InChI is InChI=1S/C25H31N3O3S/c26-23(24(29)27-14-15-32-17-27)21-8-6-18(7-9-21)16-28(25(30)31)22-12-10-20(11-13-22)19-4-2-1-3-5-19/h1-5,10-13,18,21,23H,6-9,14-17,26H2,(H,30,31)/t18?,21?,23-/m0/s1. The molecule has 1 saturated heterocycles. The number of rotatable bonds is 6. The highest BCUT2D eigenvalue weighted by molar-refractivity contribution is 7.99. The molecule has 32 heavy (non-hydrogen) atoms. The van der Waals surface area contributed by atoms with E-state index in [0.29, 0.717) is 12.2 Å². The largest absolute Gasteiger partial charge is 0.465 e. The molecule has 0 bridgehead atoms. The predicted octanol–water partition coefficient (Wildman–Crippen LogP) is 4.50. The Labute approximate surface area is 193 Å². The fraction of sp³-hybridized carbons (Fsp3) is 0.440. The Bertz CT molecular complexity index is 908. The van der Waals surface area contributed by atoms with E-state index in [0.717, 1.165) is 55.0 Å². The molecule has 1 heterocycles. The molecule has 7 heteroatoms. The van der Waals surface area contributed by atoms with Gasteiger partial charge in [0.2, 0.25) is 5.91 Å². The van der Waals surface area contributed by atoms with Crippen LogP contribution in [0.15, 0.2) is 54.6 Å². The van der Waals surface area contributed by atoms with Gasteiger partial charge in [0.1, 0.15) is 0 Å². The van der Waals surface area contributed by atoms with Crippen LogP contribution >= 0.6 is 11.8 Å². The number of carbonyl (C=O) groups is 2. The first-order valence-electron chi connectivity index (χ1n) is 11.3. The number of benzene rings is 2. The van der Waals surface area contributed by atoms with Crippen LogP contribution in [0.4, 0.5) is 10.5 Å². The third kappa shape index (κ3) is 5.27. The molecule has 4 rings (SSSR count). The van der Waals surface area contributed by atoms with Gasteiger partial charge in [0.15, 0.2) is 0 Å². The summed E-state index contributed by atoms with van der Waals surface area (Å²) in [6, 6.07) is 17.3. The highest BCUT2D eigenvalue weighted by Gasteiger charge is 2.34. The van der Waals surface area contributed by atoms with Crippen LogP contribution in [-0.2, 0) is 4.79 Å². The summed E-state index contributed by atoms with van der Waals surface area (Å²) in [7, 11) is 0. The summed E-state index contributed by atoms with van der Waals surface area (Å²) in [4.78, 5) is 27.9. The van der Waals surface area contributed by atoms with Crippen molar-refractivity contribution in [3.8, 4) is 11.1 Å². The van der Waals surface area contributed by atoms with Gasteiger partial charge >= 0.3 is 6.09 Å². The van der Waals surface area contributed by atoms with Crippen molar-refractivity contribution in [2.45, 2.75) is 31.7 Å². The predicted molar refractivity (Wildman–Crippen MR) is 130 cm³/mol. The third-order valence-electron chi connectivity index (χ3n) is 6.71. The topological polar surface area (TPSA) is 86.9 Å². The summed E-state index contributed by atoms with van der Waals surface area (Å²) < 4.78 is 0. The van der Waals surface area contributed by atoms with E-state index in [1.54, 1.807) is 11.8 Å². The summed E-state index contributed by atoms with van der Waals surface area (Å²) in [6.07, 6.45) is 2.61. The van der Waals surface area contributed by atoms with Gasteiger partial charge in [-0.25, -0.2) is 4.79 Å². The second-order valence-corrected chi connectivity index (χ2v) is 9.83. The van der Waals surface area contributed by atoms with Crippen molar-refractivity contribution in [2.24, 2.45) is 17.6 Å². The van der Waals surface area contributed by atoms with Gasteiger partial charge in [0.05, 0.1) is 11.9 Å². The van der Waals surface area contributed by atoms with E-state index in [4.69, 9.17) is 5.73 Å². The lowest BCUT2D eigenvalue weighted by Gasteiger charge is -2.34. The summed E-state index contributed by atoms with van der Waals surface area (Å²) >= 11 is 1.77. The Morgan fingerprint density at radius 3 is 2.28 bits per heavy atom. The quantitative estimate of drug-likeness (QED) is 0.672. The van der Waals surface area contributed by atoms with Crippen LogP contribution in [0, 0.1) is 11.8 Å². The molecule has 0 aromatic heterocycles. The fourth-order valence-electron chi connectivity index (χ4n) is 4.75. The number of nitrogens with two attached hydrogens (primary N) is 1. The van der Waals surface area contributed by atoms with Crippen LogP contribution in [0.2, 0.25) is 0 Å². The molecular formula is C25H31N3O3S. The van der Waals surface area contributed by atoms with Gasteiger partial charge < -0.3 is 15.7 Å². The molecule has 1 aliphatic heterocycles. The maximum atomic E-state index is 12.6. The summed E-state index contributed by atoms with van der Waals surface area (Å²) in [6.45, 7) is 1.27. The van der Waals surface area contributed by atoms with E-state index in [1.165, 1.54) is 4.90 Å². The van der Waals surface area contributed by atoms with Crippen LogP contribution in [0.1, 0.15) is 25.7 Å². The number of amides is 2. The maximum Gasteiger partial charge on any atom is 0.411 e. The van der Waals surface area contributed by atoms with E-state index in [9.17, 15) is 14.7 Å². The molecule has 2 amide bonds. The second kappa shape index (κ2) is 10.4. The lowest BCUT2D eigenvalue weighted by atomic mass is 9.78. The molecule has 0 unspecified atom stereocenters. The van der Waals surface area contributed by atoms with E-state index < -0.39 is 12.1 Å². The first kappa shape index (κ1) is 22.7. The number of anilines is 1. The molecule has 0 spiro atoms. The summed E-state index contributed by atoms with van der Waals surface area (Å²) in [5.74, 6) is 2.28. The summed E-state index contributed by atoms with van der Waals surface area (Å²) in [5.41, 5.74) is 9.18. The van der Waals surface area contributed by atoms with Crippen LogP contribution in [0.5, 0.6) is 0 Å². The Balaban J connectivity index is 1.34. The van der Waals surface area contributed by atoms with Crippen molar-refractivity contribution in [3.63, 3.8) is 0 Å². The molecule has 2 aromatic carbocycles. The van der Waals surface area contributed by atoms with E-state index >= 15 is 0 Å². The van der Waals surface area contributed by atoms with Gasteiger partial charge in [-0.1, -0.05) is 42.5 Å². The molecule has 2 fully saturated rings. The van der Waals surface area contributed by atoms with Crippen molar-refractivity contribution in [1.82, 2.24) is 4.90 Å². The fourth-order valence-corrected chi connectivity index (χ4v) is 5.70. The lowest BCUT2D eigenvalue weighted by Crippen LogP contribution is -2.48. The van der Waals surface area contributed by atoms with Gasteiger partial charge in [-0.05, 0) is 60.8 Å². The van der Waals surface area contributed by atoms with Gasteiger partial charge in [-0.3, -0.25) is 9.69 Å². The van der Waals surface area contributed by atoms with Crippen LogP contribution in [0.3, 0.4) is 0 Å². The Hall–Kier alpha value is -2.51. The Morgan fingerprint density at radius 2 is 1.69 bits per heavy atom. The minimum atomic E-state index is -0.932. The molecule has 2 aromatic rings. The SMILES string of the molecule is N[C@H](C(=O)N1CCSC1)C1CCC(CN(C(=O)O)c2ccc(-c3ccccc3)cc2)CC1. The second-order valence-electron chi connectivity index (χ2n) is 8.75. The average molecular weight is 454 g/mol. The third-order valence-corrected chi connectivity index (χ3v) is 7.67. The number of carboxylic acid groups (broad SMARTS) is 1. The monoisotopic (exact) mass is 453 g/mol. The van der Waals surface area contributed by atoms with Gasteiger partial charge in [-0.2, -0.15) is 0 Å². The van der Waals surface area contributed by atoms with E-state index in [-0.39, 0.29) is 17.7 Å². The van der Waals surface area contributed by atoms with Crippen molar-refractivity contribution in [1.29, 1.82) is 0 Å². The zero-order chi connectivity index (χ0) is 22.5. The number of nitrogens with zero attached hydrogens (tertiary/aromatic N) is 2. The molecular weight excluding hydrogens is 422 g/mol. The Morgan fingerprint density at radius 1 is 1.03 bits per heavy atom. The van der Waals surface area contributed by atoms with Crippen LogP contribution < -0.4 is 10.6 Å². The molecule has 2 aliphatic rings. The molecule has 170 valence electrons. The Kier molecular flexibility index (Phi) is 7.37. The van der Waals surface area contributed by atoms with Crippen molar-refractivity contribution in [3.05, 3.63) is 54.6 Å².